The Morgan fingerprint density at radius 3 is 2.63 bits per heavy atom. The van der Waals surface area contributed by atoms with Gasteiger partial charge in [-0.3, -0.25) is 4.79 Å². The second kappa shape index (κ2) is 7.04. The number of primary amides is 1. The van der Waals surface area contributed by atoms with Crippen molar-refractivity contribution in [1.82, 2.24) is 15.0 Å². The maximum atomic E-state index is 11.8. The van der Waals surface area contributed by atoms with E-state index in [0.29, 0.717) is 30.3 Å². The molecule has 2 aromatic heterocycles. The number of carbonyl (C=O) groups excluding carboxylic acids is 1. The standard InChI is InChI=1S/C23H24N4O3/c1-27-8-7-23(29,13-27)21-12-19(26-30-21)16-4-2-3-15(9-16)18-10-17(14-5-6-14)11-20(25-18)22(24)28/h2-4,9-12,14,29H,5-8,13H2,1H3,(H2,24,28)/t23-/m0/s1. The van der Waals surface area contributed by atoms with Gasteiger partial charge in [-0.05, 0) is 56.0 Å². The van der Waals surface area contributed by atoms with Crippen LogP contribution in [0.25, 0.3) is 22.5 Å². The Hall–Kier alpha value is -3.03. The van der Waals surface area contributed by atoms with E-state index in [4.69, 9.17) is 10.3 Å². The molecule has 1 atom stereocenters. The lowest BCUT2D eigenvalue weighted by molar-refractivity contribution is 0.0211. The normalized spacial score (nSPS) is 21.8. The number of hydrogen-bond donors (Lipinski definition) is 2. The van der Waals surface area contributed by atoms with Crippen LogP contribution in [-0.2, 0) is 5.60 Å². The summed E-state index contributed by atoms with van der Waals surface area (Å²) in [6.45, 7) is 1.34. The van der Waals surface area contributed by atoms with Crippen LogP contribution in [0.4, 0.5) is 0 Å². The lowest BCUT2D eigenvalue weighted by atomic mass is 9.98. The van der Waals surface area contributed by atoms with Crippen LogP contribution in [0.2, 0.25) is 0 Å². The SMILES string of the molecule is CN1CC[C@@](O)(c2cc(-c3cccc(-c4cc(C5CC5)cc(C(N)=O)n4)c3)no2)C1. The zero-order valence-electron chi connectivity index (χ0n) is 16.8. The summed E-state index contributed by atoms with van der Waals surface area (Å²) >= 11 is 0. The first-order valence-electron chi connectivity index (χ1n) is 10.2. The van der Waals surface area contributed by atoms with Crippen LogP contribution in [0.1, 0.15) is 47.0 Å². The van der Waals surface area contributed by atoms with Crippen molar-refractivity contribution in [2.75, 3.05) is 20.1 Å². The van der Waals surface area contributed by atoms with E-state index in [-0.39, 0.29) is 5.69 Å². The first-order valence-corrected chi connectivity index (χ1v) is 10.2. The van der Waals surface area contributed by atoms with Crippen molar-refractivity contribution in [3.8, 4) is 22.5 Å². The molecule has 1 saturated carbocycles. The van der Waals surface area contributed by atoms with Crippen molar-refractivity contribution in [3.05, 3.63) is 59.5 Å². The Balaban J connectivity index is 1.49. The topological polar surface area (TPSA) is 105 Å². The number of carbonyl (C=O) groups is 1. The first-order chi connectivity index (χ1) is 14.4. The fourth-order valence-electron chi connectivity index (χ4n) is 4.13. The number of likely N-dealkylation sites (tertiary alicyclic amines) is 1. The predicted molar refractivity (Wildman–Crippen MR) is 112 cm³/mol. The minimum absolute atomic E-state index is 0.288. The molecule has 7 heteroatoms. The zero-order valence-corrected chi connectivity index (χ0v) is 16.8. The van der Waals surface area contributed by atoms with Gasteiger partial charge in [-0.2, -0.15) is 0 Å². The van der Waals surface area contributed by atoms with Gasteiger partial charge in [-0.15, -0.1) is 0 Å². The maximum Gasteiger partial charge on any atom is 0.267 e. The Labute approximate surface area is 174 Å². The number of aliphatic hydroxyl groups is 1. The molecule has 30 heavy (non-hydrogen) atoms. The van der Waals surface area contributed by atoms with Crippen LogP contribution >= 0.6 is 0 Å². The molecule has 1 aliphatic carbocycles. The molecule has 154 valence electrons. The average Bonchev–Trinajstić information content (AvgIpc) is 3.36. The molecule has 7 nitrogen and oxygen atoms in total. The Morgan fingerprint density at radius 1 is 1.20 bits per heavy atom. The van der Waals surface area contributed by atoms with E-state index in [1.807, 2.05) is 37.4 Å². The van der Waals surface area contributed by atoms with E-state index in [1.54, 1.807) is 12.1 Å². The lowest BCUT2D eigenvalue weighted by Crippen LogP contribution is -2.28. The minimum atomic E-state index is -1.01. The highest BCUT2D eigenvalue weighted by atomic mass is 16.5. The fourth-order valence-corrected chi connectivity index (χ4v) is 4.13. The van der Waals surface area contributed by atoms with Gasteiger partial charge in [0.05, 0.1) is 5.69 Å². The molecule has 3 N–H and O–H groups in total. The number of rotatable bonds is 5. The third-order valence-corrected chi connectivity index (χ3v) is 6.01. The number of pyridine rings is 1. The quantitative estimate of drug-likeness (QED) is 0.677. The predicted octanol–water partition coefficient (Wildman–Crippen LogP) is 2.90. The van der Waals surface area contributed by atoms with Crippen molar-refractivity contribution in [1.29, 1.82) is 0 Å². The molecule has 1 saturated heterocycles. The van der Waals surface area contributed by atoms with Crippen LogP contribution in [0.5, 0.6) is 0 Å². The van der Waals surface area contributed by atoms with Crippen LogP contribution < -0.4 is 5.73 Å². The highest BCUT2D eigenvalue weighted by molar-refractivity contribution is 5.91. The molecule has 0 bridgehead atoms. The monoisotopic (exact) mass is 404 g/mol. The van der Waals surface area contributed by atoms with Gasteiger partial charge >= 0.3 is 0 Å². The van der Waals surface area contributed by atoms with E-state index in [0.717, 1.165) is 41.8 Å². The molecule has 0 spiro atoms. The maximum absolute atomic E-state index is 11.8. The molecule has 3 aromatic rings. The molecule has 5 rings (SSSR count). The number of nitrogens with two attached hydrogens (primary N) is 1. The van der Waals surface area contributed by atoms with E-state index < -0.39 is 11.5 Å². The second-order valence-corrected chi connectivity index (χ2v) is 8.49. The van der Waals surface area contributed by atoms with Gasteiger partial charge in [-0.25, -0.2) is 4.98 Å². The molecule has 1 aromatic carbocycles. The number of β-amino-alcohol motifs (C(OH)–C–C–N with tert-alkyl or cyclic N) is 1. The summed E-state index contributed by atoms with van der Waals surface area (Å²) in [5, 5.41) is 15.1. The van der Waals surface area contributed by atoms with Crippen molar-refractivity contribution >= 4 is 5.91 Å². The highest BCUT2D eigenvalue weighted by Gasteiger charge is 2.39. The Morgan fingerprint density at radius 2 is 1.97 bits per heavy atom. The third-order valence-electron chi connectivity index (χ3n) is 6.01. The number of aromatic nitrogens is 2. The lowest BCUT2D eigenvalue weighted by Gasteiger charge is -2.18. The minimum Gasteiger partial charge on any atom is -0.380 e. The van der Waals surface area contributed by atoms with E-state index >= 15 is 0 Å². The van der Waals surface area contributed by atoms with Crippen molar-refractivity contribution in [3.63, 3.8) is 0 Å². The molecule has 3 heterocycles. The van der Waals surface area contributed by atoms with Crippen LogP contribution in [0, 0.1) is 0 Å². The van der Waals surface area contributed by atoms with E-state index in [9.17, 15) is 9.90 Å². The Kier molecular flexibility index (Phi) is 4.45. The molecule has 1 amide bonds. The number of likely N-dealkylation sites (N-methyl/N-ethyl adjacent to an activating group) is 1. The number of hydrogen-bond acceptors (Lipinski definition) is 6. The molecule has 0 radical (unpaired) electrons. The van der Waals surface area contributed by atoms with Gasteiger partial charge in [-0.1, -0.05) is 23.4 Å². The molecular weight excluding hydrogens is 380 g/mol. The highest BCUT2D eigenvalue weighted by Crippen LogP contribution is 2.41. The fraction of sp³-hybridized carbons (Fsp3) is 0.348. The summed E-state index contributed by atoms with van der Waals surface area (Å²) in [4.78, 5) is 18.3. The summed E-state index contributed by atoms with van der Waals surface area (Å²) < 4.78 is 5.51. The van der Waals surface area contributed by atoms with Crippen LogP contribution in [-0.4, -0.2) is 46.2 Å². The molecule has 1 aliphatic heterocycles. The van der Waals surface area contributed by atoms with Gasteiger partial charge in [0.1, 0.15) is 17.0 Å². The number of amides is 1. The van der Waals surface area contributed by atoms with Crippen molar-refractivity contribution in [2.45, 2.75) is 30.8 Å². The van der Waals surface area contributed by atoms with Crippen LogP contribution in [0.3, 0.4) is 0 Å². The van der Waals surface area contributed by atoms with Gasteiger partial charge in [0, 0.05) is 30.3 Å². The smallest absolute Gasteiger partial charge is 0.267 e. The molecule has 0 unspecified atom stereocenters. The largest absolute Gasteiger partial charge is 0.380 e. The van der Waals surface area contributed by atoms with Crippen LogP contribution in [0.15, 0.2) is 47.0 Å². The second-order valence-electron chi connectivity index (χ2n) is 8.49. The van der Waals surface area contributed by atoms with Gasteiger partial charge < -0.3 is 20.3 Å². The summed E-state index contributed by atoms with van der Waals surface area (Å²) in [6, 6.07) is 13.4. The van der Waals surface area contributed by atoms with Gasteiger partial charge in [0.2, 0.25) is 0 Å². The Bertz CT molecular complexity index is 1120. The van der Waals surface area contributed by atoms with Crippen molar-refractivity contribution in [2.24, 2.45) is 5.73 Å². The molecule has 2 fully saturated rings. The van der Waals surface area contributed by atoms with Gasteiger partial charge in [0.25, 0.3) is 5.91 Å². The summed E-state index contributed by atoms with van der Waals surface area (Å²) in [5.41, 5.74) is 9.00. The van der Waals surface area contributed by atoms with Gasteiger partial charge in [0.15, 0.2) is 5.76 Å². The summed E-state index contributed by atoms with van der Waals surface area (Å²) in [7, 11) is 1.97. The zero-order chi connectivity index (χ0) is 20.9. The molecular formula is C23H24N4O3. The van der Waals surface area contributed by atoms with E-state index in [2.05, 4.69) is 15.0 Å². The summed E-state index contributed by atoms with van der Waals surface area (Å²) in [6.07, 6.45) is 2.87. The summed E-state index contributed by atoms with van der Waals surface area (Å²) in [5.74, 6) is 0.444. The van der Waals surface area contributed by atoms with Crippen molar-refractivity contribution < 1.29 is 14.4 Å². The average molecular weight is 404 g/mol. The number of benzene rings is 1. The number of nitrogens with zero attached hydrogens (tertiary/aromatic N) is 3. The third kappa shape index (κ3) is 3.51. The molecule has 2 aliphatic rings. The first kappa shape index (κ1) is 19.0. The van der Waals surface area contributed by atoms with E-state index in [1.165, 1.54) is 0 Å².